The van der Waals surface area contributed by atoms with E-state index in [-0.39, 0.29) is 5.54 Å². The molecular weight excluding hydrogens is 246 g/mol. The highest BCUT2D eigenvalue weighted by atomic mass is 15.2. The molecule has 3 rings (SSSR count). The average Bonchev–Trinajstić information content (AvgIpc) is 3.11. The van der Waals surface area contributed by atoms with Gasteiger partial charge in [-0.15, -0.1) is 0 Å². The summed E-state index contributed by atoms with van der Waals surface area (Å²) in [4.78, 5) is 2.55. The van der Waals surface area contributed by atoms with Crippen LogP contribution >= 0.6 is 0 Å². The summed E-state index contributed by atoms with van der Waals surface area (Å²) in [6, 6.07) is 11.5. The SMILES string of the molecule is NCC1(NC2CCCC2)CCN(Cc2ccccc2)C1. The minimum absolute atomic E-state index is 0.157. The third-order valence-corrected chi connectivity index (χ3v) is 4.94. The Morgan fingerprint density at radius 3 is 2.65 bits per heavy atom. The third kappa shape index (κ3) is 3.22. The van der Waals surface area contributed by atoms with Crippen molar-refractivity contribution in [1.29, 1.82) is 0 Å². The predicted molar refractivity (Wildman–Crippen MR) is 83.5 cm³/mol. The molecule has 1 saturated heterocycles. The van der Waals surface area contributed by atoms with Crippen molar-refractivity contribution < 1.29 is 0 Å². The lowest BCUT2D eigenvalue weighted by molar-refractivity contribution is 0.259. The summed E-state index contributed by atoms with van der Waals surface area (Å²) >= 11 is 0. The van der Waals surface area contributed by atoms with Gasteiger partial charge in [-0.1, -0.05) is 43.2 Å². The summed E-state index contributed by atoms with van der Waals surface area (Å²) in [6.07, 6.45) is 6.62. The lowest BCUT2D eigenvalue weighted by atomic mass is 9.97. The molecule has 0 aromatic heterocycles. The van der Waals surface area contributed by atoms with E-state index in [1.165, 1.54) is 37.7 Å². The number of likely N-dealkylation sites (tertiary alicyclic amines) is 1. The molecule has 20 heavy (non-hydrogen) atoms. The molecular formula is C17H27N3. The number of hydrogen-bond donors (Lipinski definition) is 2. The van der Waals surface area contributed by atoms with Crippen molar-refractivity contribution in [2.75, 3.05) is 19.6 Å². The highest BCUT2D eigenvalue weighted by Crippen LogP contribution is 2.26. The fourth-order valence-electron chi connectivity index (χ4n) is 3.78. The molecule has 110 valence electrons. The van der Waals surface area contributed by atoms with Crippen LogP contribution in [0.25, 0.3) is 0 Å². The molecule has 0 amide bonds. The van der Waals surface area contributed by atoms with Gasteiger partial charge in [0.2, 0.25) is 0 Å². The number of rotatable bonds is 5. The van der Waals surface area contributed by atoms with Gasteiger partial charge in [0.05, 0.1) is 0 Å². The highest BCUT2D eigenvalue weighted by molar-refractivity contribution is 5.15. The molecule has 0 radical (unpaired) electrons. The van der Waals surface area contributed by atoms with Gasteiger partial charge in [0, 0.05) is 37.8 Å². The topological polar surface area (TPSA) is 41.3 Å². The molecule has 3 nitrogen and oxygen atoms in total. The van der Waals surface area contributed by atoms with Gasteiger partial charge in [0.1, 0.15) is 0 Å². The Bertz CT molecular complexity index is 414. The van der Waals surface area contributed by atoms with Crippen molar-refractivity contribution in [2.24, 2.45) is 5.73 Å². The largest absolute Gasteiger partial charge is 0.329 e. The molecule has 1 aromatic rings. The first-order valence-electron chi connectivity index (χ1n) is 8.04. The zero-order chi connectivity index (χ0) is 13.8. The van der Waals surface area contributed by atoms with Crippen molar-refractivity contribution >= 4 is 0 Å². The molecule has 0 bridgehead atoms. The van der Waals surface area contributed by atoms with Crippen LogP contribution in [0.4, 0.5) is 0 Å². The van der Waals surface area contributed by atoms with Gasteiger partial charge in [-0.3, -0.25) is 4.90 Å². The Kier molecular flexibility index (Phi) is 4.39. The van der Waals surface area contributed by atoms with Gasteiger partial charge in [0.25, 0.3) is 0 Å². The third-order valence-electron chi connectivity index (χ3n) is 4.94. The van der Waals surface area contributed by atoms with Crippen LogP contribution < -0.4 is 11.1 Å². The molecule has 2 fully saturated rings. The Morgan fingerprint density at radius 1 is 1.20 bits per heavy atom. The summed E-state index contributed by atoms with van der Waals surface area (Å²) in [5.74, 6) is 0. The number of nitrogens with one attached hydrogen (secondary N) is 1. The predicted octanol–water partition coefficient (Wildman–Crippen LogP) is 2.12. The van der Waals surface area contributed by atoms with Crippen LogP contribution in [0.15, 0.2) is 30.3 Å². The van der Waals surface area contributed by atoms with Gasteiger partial charge in [-0.05, 0) is 24.8 Å². The monoisotopic (exact) mass is 273 g/mol. The quantitative estimate of drug-likeness (QED) is 0.863. The Hall–Kier alpha value is -0.900. The maximum Gasteiger partial charge on any atom is 0.0447 e. The van der Waals surface area contributed by atoms with Gasteiger partial charge in [-0.25, -0.2) is 0 Å². The van der Waals surface area contributed by atoms with E-state index in [1.807, 2.05) is 0 Å². The molecule has 1 heterocycles. The summed E-state index contributed by atoms with van der Waals surface area (Å²) in [7, 11) is 0. The van der Waals surface area contributed by atoms with E-state index >= 15 is 0 Å². The molecule has 3 heteroatoms. The number of nitrogens with zero attached hydrogens (tertiary/aromatic N) is 1. The summed E-state index contributed by atoms with van der Waals surface area (Å²) in [6.45, 7) is 4.06. The summed E-state index contributed by atoms with van der Waals surface area (Å²) in [5, 5.41) is 3.89. The Balaban J connectivity index is 1.58. The summed E-state index contributed by atoms with van der Waals surface area (Å²) in [5.41, 5.74) is 7.67. The first-order chi connectivity index (χ1) is 9.80. The number of nitrogens with two attached hydrogens (primary N) is 1. The first kappa shape index (κ1) is 14.1. The van der Waals surface area contributed by atoms with Gasteiger partial charge >= 0.3 is 0 Å². The van der Waals surface area contributed by atoms with Crippen molar-refractivity contribution in [3.8, 4) is 0 Å². The first-order valence-corrected chi connectivity index (χ1v) is 8.04. The normalized spacial score (nSPS) is 28.2. The molecule has 2 aliphatic rings. The highest BCUT2D eigenvalue weighted by Gasteiger charge is 2.38. The second kappa shape index (κ2) is 6.25. The molecule has 1 aromatic carbocycles. The fraction of sp³-hybridized carbons (Fsp3) is 0.647. The second-order valence-electron chi connectivity index (χ2n) is 6.56. The standard InChI is InChI=1S/C17H27N3/c18-13-17(19-16-8-4-5-9-16)10-11-20(14-17)12-15-6-2-1-3-7-15/h1-3,6-7,16,19H,4-5,8-14,18H2. The van der Waals surface area contributed by atoms with Crippen molar-refractivity contribution in [3.05, 3.63) is 35.9 Å². The zero-order valence-corrected chi connectivity index (χ0v) is 12.4. The van der Waals surface area contributed by atoms with Gasteiger partial charge in [-0.2, -0.15) is 0 Å². The second-order valence-corrected chi connectivity index (χ2v) is 6.56. The molecule has 1 aliphatic heterocycles. The minimum Gasteiger partial charge on any atom is -0.329 e. The molecule has 3 N–H and O–H groups in total. The van der Waals surface area contributed by atoms with E-state index in [2.05, 4.69) is 40.5 Å². The van der Waals surface area contributed by atoms with E-state index in [0.717, 1.165) is 26.2 Å². The maximum absolute atomic E-state index is 6.11. The van der Waals surface area contributed by atoms with Crippen LogP contribution in [0, 0.1) is 0 Å². The van der Waals surface area contributed by atoms with Crippen LogP contribution in [0.1, 0.15) is 37.7 Å². The lowest BCUT2D eigenvalue weighted by Crippen LogP contribution is -2.56. The van der Waals surface area contributed by atoms with E-state index in [4.69, 9.17) is 5.73 Å². The van der Waals surface area contributed by atoms with E-state index in [9.17, 15) is 0 Å². The average molecular weight is 273 g/mol. The number of benzene rings is 1. The zero-order valence-electron chi connectivity index (χ0n) is 12.4. The van der Waals surface area contributed by atoms with Crippen LogP contribution in [0.5, 0.6) is 0 Å². The van der Waals surface area contributed by atoms with Crippen molar-refractivity contribution in [3.63, 3.8) is 0 Å². The fourth-order valence-corrected chi connectivity index (χ4v) is 3.78. The van der Waals surface area contributed by atoms with E-state index < -0.39 is 0 Å². The summed E-state index contributed by atoms with van der Waals surface area (Å²) < 4.78 is 0. The number of hydrogen-bond acceptors (Lipinski definition) is 3. The van der Waals surface area contributed by atoms with E-state index in [1.54, 1.807) is 0 Å². The molecule has 1 atom stereocenters. The molecule has 0 spiro atoms. The van der Waals surface area contributed by atoms with Crippen molar-refractivity contribution in [1.82, 2.24) is 10.2 Å². The minimum atomic E-state index is 0.157. The maximum atomic E-state index is 6.11. The Morgan fingerprint density at radius 2 is 1.95 bits per heavy atom. The van der Waals surface area contributed by atoms with Crippen molar-refractivity contribution in [2.45, 2.75) is 50.2 Å². The smallest absolute Gasteiger partial charge is 0.0447 e. The van der Waals surface area contributed by atoms with E-state index in [0.29, 0.717) is 6.04 Å². The molecule has 1 saturated carbocycles. The lowest BCUT2D eigenvalue weighted by Gasteiger charge is -2.33. The van der Waals surface area contributed by atoms with Crippen LogP contribution in [-0.2, 0) is 6.54 Å². The molecule has 1 aliphatic carbocycles. The van der Waals surface area contributed by atoms with Crippen LogP contribution in [-0.4, -0.2) is 36.1 Å². The van der Waals surface area contributed by atoms with Gasteiger partial charge in [0.15, 0.2) is 0 Å². The van der Waals surface area contributed by atoms with Crippen LogP contribution in [0.2, 0.25) is 0 Å². The van der Waals surface area contributed by atoms with Gasteiger partial charge < -0.3 is 11.1 Å². The Labute approximate surface area is 122 Å². The van der Waals surface area contributed by atoms with Crippen LogP contribution in [0.3, 0.4) is 0 Å². The molecule has 1 unspecified atom stereocenters.